The summed E-state index contributed by atoms with van der Waals surface area (Å²) in [4.78, 5) is 9.54. The van der Waals surface area contributed by atoms with Crippen LogP contribution in [-0.2, 0) is 12.7 Å². The van der Waals surface area contributed by atoms with Crippen LogP contribution in [0.3, 0.4) is 0 Å². The zero-order valence-corrected chi connectivity index (χ0v) is 7.91. The van der Waals surface area contributed by atoms with Gasteiger partial charge in [-0.05, 0) is 11.6 Å². The largest absolute Gasteiger partial charge is 0.416 e. The second-order valence-electron chi connectivity index (χ2n) is 3.02. The summed E-state index contributed by atoms with van der Waals surface area (Å²) in [6.45, 7) is -0.0786. The third-order valence-corrected chi connectivity index (χ3v) is 1.82. The summed E-state index contributed by atoms with van der Waals surface area (Å²) < 4.78 is 37.1. The van der Waals surface area contributed by atoms with Crippen LogP contribution in [0.1, 0.15) is 11.1 Å². The third-order valence-electron chi connectivity index (χ3n) is 1.82. The molecule has 0 aliphatic heterocycles. The van der Waals surface area contributed by atoms with Crippen LogP contribution >= 0.6 is 0 Å². The van der Waals surface area contributed by atoms with Gasteiger partial charge in [-0.3, -0.25) is 21.4 Å². The molecule has 0 heterocycles. The van der Waals surface area contributed by atoms with Gasteiger partial charge in [0.15, 0.2) is 0 Å². The lowest BCUT2D eigenvalue weighted by Crippen LogP contribution is -2.21. The summed E-state index contributed by atoms with van der Waals surface area (Å²) in [5.41, 5.74) is 0.566. The van der Waals surface area contributed by atoms with Gasteiger partial charge in [0.1, 0.15) is 0 Å². The second-order valence-corrected chi connectivity index (χ2v) is 3.02. The molecule has 1 rings (SSSR count). The van der Waals surface area contributed by atoms with Crippen molar-refractivity contribution in [1.82, 2.24) is 5.43 Å². The normalized spacial score (nSPS) is 11.5. The summed E-state index contributed by atoms with van der Waals surface area (Å²) in [5.74, 6) is 4.94. The van der Waals surface area contributed by atoms with Gasteiger partial charge >= 0.3 is 6.18 Å². The molecule has 0 fully saturated rings. The van der Waals surface area contributed by atoms with Crippen LogP contribution in [0.5, 0.6) is 0 Å². The number of non-ortho nitro benzene ring substituents is 1. The maximum Gasteiger partial charge on any atom is 0.416 e. The summed E-state index contributed by atoms with van der Waals surface area (Å²) in [7, 11) is 0. The molecule has 0 atom stereocenters. The minimum Gasteiger partial charge on any atom is -0.271 e. The Kier molecular flexibility index (Phi) is 3.45. The SMILES string of the molecule is NNCc1cc([N+](=O)[O-])cc(C(F)(F)F)c1. The number of benzene rings is 1. The Morgan fingerprint density at radius 1 is 1.38 bits per heavy atom. The predicted molar refractivity (Wildman–Crippen MR) is 49.1 cm³/mol. The molecule has 0 amide bonds. The first kappa shape index (κ1) is 12.4. The monoisotopic (exact) mass is 235 g/mol. The van der Waals surface area contributed by atoms with E-state index in [-0.39, 0.29) is 12.1 Å². The molecule has 0 radical (unpaired) electrons. The molecule has 0 bridgehead atoms. The number of nitrogens with one attached hydrogen (secondary N) is 1. The van der Waals surface area contributed by atoms with Crippen LogP contribution in [0.2, 0.25) is 0 Å². The maximum absolute atomic E-state index is 12.4. The number of alkyl halides is 3. The van der Waals surface area contributed by atoms with Crippen molar-refractivity contribution in [2.75, 3.05) is 0 Å². The molecule has 0 saturated carbocycles. The molecular weight excluding hydrogens is 227 g/mol. The van der Waals surface area contributed by atoms with Gasteiger partial charge in [0.25, 0.3) is 5.69 Å². The van der Waals surface area contributed by atoms with E-state index in [0.717, 1.165) is 12.1 Å². The fourth-order valence-electron chi connectivity index (χ4n) is 1.16. The summed E-state index contributed by atoms with van der Waals surface area (Å²) in [6, 6.07) is 2.34. The van der Waals surface area contributed by atoms with Gasteiger partial charge in [0, 0.05) is 18.7 Å². The van der Waals surface area contributed by atoms with Gasteiger partial charge in [-0.25, -0.2) is 0 Å². The van der Waals surface area contributed by atoms with Crippen molar-refractivity contribution in [3.05, 3.63) is 39.4 Å². The Labute approximate surface area is 88.2 Å². The average Bonchev–Trinajstić information content (AvgIpc) is 2.16. The van der Waals surface area contributed by atoms with Gasteiger partial charge in [-0.1, -0.05) is 0 Å². The number of nitrogens with zero attached hydrogens (tertiary/aromatic N) is 1. The van der Waals surface area contributed by atoms with Crippen LogP contribution < -0.4 is 11.3 Å². The van der Waals surface area contributed by atoms with Crippen molar-refractivity contribution in [2.24, 2.45) is 5.84 Å². The quantitative estimate of drug-likeness (QED) is 0.473. The van der Waals surface area contributed by atoms with Gasteiger partial charge in [0.05, 0.1) is 10.5 Å². The van der Waals surface area contributed by atoms with Crippen molar-refractivity contribution >= 4 is 5.69 Å². The lowest BCUT2D eigenvalue weighted by molar-refractivity contribution is -0.385. The van der Waals surface area contributed by atoms with Crippen LogP contribution in [0.25, 0.3) is 0 Å². The third kappa shape index (κ3) is 2.91. The molecule has 1 aromatic rings. The highest BCUT2D eigenvalue weighted by atomic mass is 19.4. The first-order valence-corrected chi connectivity index (χ1v) is 4.13. The Balaban J connectivity index is 3.24. The van der Waals surface area contributed by atoms with E-state index in [1.54, 1.807) is 0 Å². The van der Waals surface area contributed by atoms with E-state index < -0.39 is 22.4 Å². The summed E-state index contributed by atoms with van der Waals surface area (Å²) >= 11 is 0. The summed E-state index contributed by atoms with van der Waals surface area (Å²) in [5, 5.41) is 10.4. The van der Waals surface area contributed by atoms with Crippen LogP contribution in [0.4, 0.5) is 18.9 Å². The standard InChI is InChI=1S/C8H8F3N3O2/c9-8(10,11)6-1-5(4-13-12)2-7(3-6)14(15)16/h1-3,13H,4,12H2. The summed E-state index contributed by atoms with van der Waals surface area (Å²) in [6.07, 6.45) is -4.62. The molecule has 0 spiro atoms. The molecule has 0 aromatic heterocycles. The maximum atomic E-state index is 12.4. The fourth-order valence-corrected chi connectivity index (χ4v) is 1.16. The molecule has 16 heavy (non-hydrogen) atoms. The van der Waals surface area contributed by atoms with Gasteiger partial charge in [-0.15, -0.1) is 0 Å². The van der Waals surface area contributed by atoms with Crippen molar-refractivity contribution < 1.29 is 18.1 Å². The highest BCUT2D eigenvalue weighted by Crippen LogP contribution is 2.32. The Morgan fingerprint density at radius 3 is 2.44 bits per heavy atom. The minimum absolute atomic E-state index is 0.0786. The van der Waals surface area contributed by atoms with Crippen LogP contribution in [0.15, 0.2) is 18.2 Å². The number of nitrogens with two attached hydrogens (primary N) is 1. The molecule has 8 heteroatoms. The van der Waals surface area contributed by atoms with Gasteiger partial charge in [-0.2, -0.15) is 13.2 Å². The molecule has 1 aromatic carbocycles. The number of halogens is 3. The van der Waals surface area contributed by atoms with E-state index in [0.29, 0.717) is 6.07 Å². The van der Waals surface area contributed by atoms with Gasteiger partial charge in [0.2, 0.25) is 0 Å². The smallest absolute Gasteiger partial charge is 0.271 e. The van der Waals surface area contributed by atoms with Crippen molar-refractivity contribution in [3.63, 3.8) is 0 Å². The van der Waals surface area contributed by atoms with Crippen LogP contribution in [0, 0.1) is 10.1 Å². The second kappa shape index (κ2) is 4.45. The van der Waals surface area contributed by atoms with E-state index in [2.05, 4.69) is 5.43 Å². The number of nitro benzene ring substituents is 1. The van der Waals surface area contributed by atoms with Crippen molar-refractivity contribution in [3.8, 4) is 0 Å². The van der Waals surface area contributed by atoms with E-state index in [1.165, 1.54) is 0 Å². The minimum atomic E-state index is -4.62. The number of nitro groups is 1. The van der Waals surface area contributed by atoms with Gasteiger partial charge < -0.3 is 0 Å². The molecule has 88 valence electrons. The lowest BCUT2D eigenvalue weighted by atomic mass is 10.1. The topological polar surface area (TPSA) is 81.2 Å². The highest BCUT2D eigenvalue weighted by molar-refractivity contribution is 5.40. The Bertz CT molecular complexity index is 406. The molecular formula is C8H8F3N3O2. The van der Waals surface area contributed by atoms with Crippen molar-refractivity contribution in [1.29, 1.82) is 0 Å². The Hall–Kier alpha value is -1.67. The predicted octanol–water partition coefficient (Wildman–Crippen LogP) is 1.58. The molecule has 0 unspecified atom stereocenters. The first-order chi connectivity index (χ1) is 7.34. The number of hydrogen-bond donors (Lipinski definition) is 2. The number of hydrogen-bond acceptors (Lipinski definition) is 4. The fraction of sp³-hybridized carbons (Fsp3) is 0.250. The van der Waals surface area contributed by atoms with E-state index in [9.17, 15) is 23.3 Å². The molecule has 0 aliphatic rings. The number of hydrazine groups is 1. The van der Waals surface area contributed by atoms with Crippen LogP contribution in [-0.4, -0.2) is 4.92 Å². The lowest BCUT2D eigenvalue weighted by Gasteiger charge is -2.08. The zero-order chi connectivity index (χ0) is 12.3. The molecule has 0 aliphatic carbocycles. The van der Waals surface area contributed by atoms with Crippen molar-refractivity contribution in [2.45, 2.75) is 12.7 Å². The highest BCUT2D eigenvalue weighted by Gasteiger charge is 2.32. The molecule has 3 N–H and O–H groups in total. The number of rotatable bonds is 3. The first-order valence-electron chi connectivity index (χ1n) is 4.13. The average molecular weight is 235 g/mol. The zero-order valence-electron chi connectivity index (χ0n) is 7.91. The molecule has 5 nitrogen and oxygen atoms in total. The van der Waals surface area contributed by atoms with E-state index >= 15 is 0 Å². The molecule has 0 saturated heterocycles. The Morgan fingerprint density at radius 2 is 2.00 bits per heavy atom. The van der Waals surface area contributed by atoms with E-state index in [4.69, 9.17) is 5.84 Å². The van der Waals surface area contributed by atoms with E-state index in [1.807, 2.05) is 0 Å².